The maximum atomic E-state index is 12.0. The third kappa shape index (κ3) is 4.64. The van der Waals surface area contributed by atoms with Gasteiger partial charge >= 0.3 is 5.97 Å². The quantitative estimate of drug-likeness (QED) is 0.786. The molecule has 0 bridgehead atoms. The monoisotopic (exact) mass is 327 g/mol. The Balaban J connectivity index is 1.95. The maximum absolute atomic E-state index is 12.0. The van der Waals surface area contributed by atoms with Crippen molar-refractivity contribution >= 4 is 23.5 Å². The summed E-state index contributed by atoms with van der Waals surface area (Å²) >= 11 is 0. The Morgan fingerprint density at radius 1 is 1.12 bits per heavy atom. The molecule has 2 amide bonds. The first-order chi connectivity index (χ1) is 11.6. The first-order valence-corrected chi connectivity index (χ1v) is 7.36. The molecule has 7 nitrogen and oxygen atoms in total. The first-order valence-electron chi connectivity index (χ1n) is 7.36. The van der Waals surface area contributed by atoms with Crippen molar-refractivity contribution in [1.82, 2.24) is 10.3 Å². The van der Waals surface area contributed by atoms with E-state index in [1.807, 2.05) is 0 Å². The van der Waals surface area contributed by atoms with Crippen molar-refractivity contribution in [3.05, 3.63) is 59.9 Å². The number of aromatic nitrogens is 1. The summed E-state index contributed by atoms with van der Waals surface area (Å²) in [6.07, 6.45) is 2.96. The average Bonchev–Trinajstić information content (AvgIpc) is 2.61. The molecule has 0 saturated carbocycles. The molecule has 7 heteroatoms. The lowest BCUT2D eigenvalue weighted by atomic mass is 10.2. The Morgan fingerprint density at radius 3 is 2.62 bits per heavy atom. The lowest BCUT2D eigenvalue weighted by Crippen LogP contribution is -2.33. The number of para-hydroxylation sites is 1. The largest absolute Gasteiger partial charge is 0.462 e. The van der Waals surface area contributed by atoms with Crippen LogP contribution in [0.2, 0.25) is 0 Å². The maximum Gasteiger partial charge on any atom is 0.340 e. The third-order valence-electron chi connectivity index (χ3n) is 3.03. The van der Waals surface area contributed by atoms with Gasteiger partial charge in [0.25, 0.3) is 5.91 Å². The Hall–Kier alpha value is -3.22. The normalized spacial score (nSPS) is 9.88. The van der Waals surface area contributed by atoms with E-state index in [0.29, 0.717) is 11.3 Å². The van der Waals surface area contributed by atoms with Crippen LogP contribution < -0.4 is 10.6 Å². The minimum absolute atomic E-state index is 0.231. The molecule has 0 spiro atoms. The van der Waals surface area contributed by atoms with Crippen LogP contribution in [0.4, 0.5) is 5.69 Å². The topological polar surface area (TPSA) is 97.4 Å². The second kappa shape index (κ2) is 8.42. The van der Waals surface area contributed by atoms with Gasteiger partial charge in [0.1, 0.15) is 0 Å². The summed E-state index contributed by atoms with van der Waals surface area (Å²) in [6.45, 7) is 1.71. The highest BCUT2D eigenvalue weighted by molar-refractivity contribution is 6.03. The Labute approximate surface area is 139 Å². The van der Waals surface area contributed by atoms with Crippen molar-refractivity contribution in [1.29, 1.82) is 0 Å². The number of hydrogen-bond acceptors (Lipinski definition) is 5. The van der Waals surface area contributed by atoms with Gasteiger partial charge in [-0.2, -0.15) is 0 Å². The zero-order valence-electron chi connectivity index (χ0n) is 13.1. The number of benzene rings is 1. The highest BCUT2D eigenvalue weighted by Gasteiger charge is 2.14. The van der Waals surface area contributed by atoms with E-state index in [1.54, 1.807) is 49.5 Å². The van der Waals surface area contributed by atoms with E-state index in [-0.39, 0.29) is 18.7 Å². The number of ether oxygens (including phenoxy) is 1. The zero-order chi connectivity index (χ0) is 17.4. The minimum Gasteiger partial charge on any atom is -0.462 e. The van der Waals surface area contributed by atoms with E-state index in [1.165, 1.54) is 6.20 Å². The predicted octanol–water partition coefficient (Wildman–Crippen LogP) is 1.63. The molecule has 1 aromatic carbocycles. The van der Waals surface area contributed by atoms with Crippen molar-refractivity contribution in [2.75, 3.05) is 18.5 Å². The van der Waals surface area contributed by atoms with Gasteiger partial charge in [0, 0.05) is 12.4 Å². The molecule has 0 aliphatic heterocycles. The van der Waals surface area contributed by atoms with Crippen molar-refractivity contribution in [2.45, 2.75) is 6.92 Å². The number of pyridine rings is 1. The second-order valence-corrected chi connectivity index (χ2v) is 4.74. The molecule has 1 heterocycles. The molecule has 1 aromatic heterocycles. The van der Waals surface area contributed by atoms with Crippen LogP contribution in [0.1, 0.15) is 27.6 Å². The number of anilines is 1. The van der Waals surface area contributed by atoms with Crippen LogP contribution in [-0.2, 0) is 9.53 Å². The van der Waals surface area contributed by atoms with Crippen LogP contribution >= 0.6 is 0 Å². The Morgan fingerprint density at radius 2 is 1.92 bits per heavy atom. The molecular weight excluding hydrogens is 310 g/mol. The molecule has 0 aliphatic carbocycles. The van der Waals surface area contributed by atoms with Crippen molar-refractivity contribution in [3.8, 4) is 0 Å². The molecule has 0 atom stereocenters. The smallest absolute Gasteiger partial charge is 0.340 e. The van der Waals surface area contributed by atoms with Crippen molar-refractivity contribution in [3.63, 3.8) is 0 Å². The number of rotatable bonds is 6. The van der Waals surface area contributed by atoms with E-state index in [9.17, 15) is 14.4 Å². The first kappa shape index (κ1) is 17.1. The SMILES string of the molecule is CCOC(=O)c1ccccc1NC(=O)CNC(=O)c1cccnc1. The van der Waals surface area contributed by atoms with Gasteiger partial charge in [0.15, 0.2) is 0 Å². The average molecular weight is 327 g/mol. The molecule has 2 aromatic rings. The summed E-state index contributed by atoms with van der Waals surface area (Å²) in [5, 5.41) is 5.07. The molecule has 124 valence electrons. The highest BCUT2D eigenvalue weighted by atomic mass is 16.5. The van der Waals surface area contributed by atoms with Crippen LogP contribution in [0.15, 0.2) is 48.8 Å². The summed E-state index contributed by atoms with van der Waals surface area (Å²) in [5.74, 6) is -1.38. The molecule has 24 heavy (non-hydrogen) atoms. The molecule has 0 unspecified atom stereocenters. The molecule has 0 fully saturated rings. The van der Waals surface area contributed by atoms with E-state index < -0.39 is 17.8 Å². The summed E-state index contributed by atoms with van der Waals surface area (Å²) in [4.78, 5) is 39.5. The van der Waals surface area contributed by atoms with Crippen LogP contribution in [0.25, 0.3) is 0 Å². The van der Waals surface area contributed by atoms with Gasteiger partial charge in [0.2, 0.25) is 5.91 Å². The lowest BCUT2D eigenvalue weighted by Gasteiger charge is -2.10. The number of carbonyl (C=O) groups is 3. The highest BCUT2D eigenvalue weighted by Crippen LogP contribution is 2.16. The molecule has 0 radical (unpaired) electrons. The molecule has 2 rings (SSSR count). The van der Waals surface area contributed by atoms with E-state index in [4.69, 9.17) is 4.74 Å². The number of carbonyl (C=O) groups excluding carboxylic acids is 3. The van der Waals surface area contributed by atoms with E-state index in [2.05, 4.69) is 15.6 Å². The van der Waals surface area contributed by atoms with E-state index >= 15 is 0 Å². The van der Waals surface area contributed by atoms with Crippen molar-refractivity contribution < 1.29 is 19.1 Å². The number of hydrogen-bond donors (Lipinski definition) is 2. The number of nitrogens with zero attached hydrogens (tertiary/aromatic N) is 1. The summed E-state index contributed by atoms with van der Waals surface area (Å²) in [5.41, 5.74) is 0.945. The van der Waals surface area contributed by atoms with Gasteiger partial charge in [-0.1, -0.05) is 12.1 Å². The van der Waals surface area contributed by atoms with Gasteiger partial charge < -0.3 is 15.4 Å². The standard InChI is InChI=1S/C17H17N3O4/c1-2-24-17(23)13-7-3-4-8-14(13)20-15(21)11-19-16(22)12-6-5-9-18-10-12/h3-10H,2,11H2,1H3,(H,19,22)(H,20,21). The molecular formula is C17H17N3O4. The number of esters is 1. The third-order valence-corrected chi connectivity index (χ3v) is 3.03. The van der Waals surface area contributed by atoms with Crippen molar-refractivity contribution in [2.24, 2.45) is 0 Å². The summed E-state index contributed by atoms with van der Waals surface area (Å²) in [7, 11) is 0. The Kier molecular flexibility index (Phi) is 6.01. The van der Waals surface area contributed by atoms with Crippen LogP contribution in [0.5, 0.6) is 0 Å². The van der Waals surface area contributed by atoms with Crippen LogP contribution in [-0.4, -0.2) is 35.9 Å². The van der Waals surface area contributed by atoms with Crippen LogP contribution in [0.3, 0.4) is 0 Å². The zero-order valence-corrected chi connectivity index (χ0v) is 13.1. The van der Waals surface area contributed by atoms with Crippen LogP contribution in [0, 0.1) is 0 Å². The van der Waals surface area contributed by atoms with Gasteiger partial charge in [-0.05, 0) is 31.2 Å². The van der Waals surface area contributed by atoms with E-state index in [0.717, 1.165) is 0 Å². The second-order valence-electron chi connectivity index (χ2n) is 4.74. The van der Waals surface area contributed by atoms with Gasteiger partial charge in [-0.3, -0.25) is 14.6 Å². The fraction of sp³-hybridized carbons (Fsp3) is 0.176. The fourth-order valence-electron chi connectivity index (χ4n) is 1.93. The molecule has 0 aliphatic rings. The Bertz CT molecular complexity index is 732. The summed E-state index contributed by atoms with van der Waals surface area (Å²) in [6, 6.07) is 9.73. The molecule has 0 saturated heterocycles. The molecule has 2 N–H and O–H groups in total. The summed E-state index contributed by atoms with van der Waals surface area (Å²) < 4.78 is 4.94. The minimum atomic E-state index is -0.521. The van der Waals surface area contributed by atoms with Gasteiger partial charge in [0.05, 0.1) is 30.0 Å². The lowest BCUT2D eigenvalue weighted by molar-refractivity contribution is -0.115. The number of amides is 2. The van der Waals surface area contributed by atoms with Gasteiger partial charge in [-0.25, -0.2) is 4.79 Å². The number of nitrogens with one attached hydrogen (secondary N) is 2. The van der Waals surface area contributed by atoms with Gasteiger partial charge in [-0.15, -0.1) is 0 Å². The predicted molar refractivity (Wildman–Crippen MR) is 87.6 cm³/mol. The fourth-order valence-corrected chi connectivity index (χ4v) is 1.93.